The molecule has 2 aliphatic rings. The van der Waals surface area contributed by atoms with E-state index in [1.807, 2.05) is 24.3 Å². The number of hydrogen-bond donors (Lipinski definition) is 1. The van der Waals surface area contributed by atoms with Crippen LogP contribution in [-0.4, -0.2) is 53.1 Å². The molecule has 4 rings (SSSR count). The average molecular weight is 440 g/mol. The minimum atomic E-state index is -0.114. The van der Waals surface area contributed by atoms with E-state index in [9.17, 15) is 5.11 Å². The molecule has 0 radical (unpaired) electrons. The van der Waals surface area contributed by atoms with Gasteiger partial charge in [0.05, 0.1) is 13.2 Å². The Kier molecular flexibility index (Phi) is 7.31. The van der Waals surface area contributed by atoms with E-state index in [1.165, 1.54) is 5.57 Å². The van der Waals surface area contributed by atoms with Gasteiger partial charge in [-0.3, -0.25) is 0 Å². The van der Waals surface area contributed by atoms with Crippen LogP contribution in [0.25, 0.3) is 11.5 Å². The fourth-order valence-electron chi connectivity index (χ4n) is 5.28. The molecule has 1 aromatic carbocycles. The lowest BCUT2D eigenvalue weighted by Gasteiger charge is -2.40. The number of likely N-dealkylation sites (tertiary alicyclic amines) is 1. The highest BCUT2D eigenvalue weighted by Crippen LogP contribution is 2.39. The predicted octanol–water partition coefficient (Wildman–Crippen LogP) is 4.60. The number of aliphatic hydroxyl groups is 1. The van der Waals surface area contributed by atoms with E-state index in [1.54, 1.807) is 7.11 Å². The number of benzene rings is 1. The van der Waals surface area contributed by atoms with Gasteiger partial charge < -0.3 is 19.2 Å². The quantitative estimate of drug-likeness (QED) is 0.636. The van der Waals surface area contributed by atoms with Crippen LogP contribution in [0.4, 0.5) is 0 Å². The Morgan fingerprint density at radius 2 is 1.88 bits per heavy atom. The monoisotopic (exact) mass is 439 g/mol. The summed E-state index contributed by atoms with van der Waals surface area (Å²) in [5, 5.41) is 18.5. The Morgan fingerprint density at radius 1 is 1.16 bits per heavy atom. The van der Waals surface area contributed by atoms with E-state index < -0.39 is 0 Å². The van der Waals surface area contributed by atoms with Crippen molar-refractivity contribution in [1.29, 1.82) is 0 Å². The third-order valence-electron chi connectivity index (χ3n) is 7.33. The molecule has 1 aliphatic carbocycles. The Labute approximate surface area is 191 Å². The molecular weight excluding hydrogens is 402 g/mol. The molecule has 0 spiro atoms. The second kappa shape index (κ2) is 10.2. The molecule has 6 heteroatoms. The van der Waals surface area contributed by atoms with Crippen LogP contribution in [-0.2, 0) is 6.42 Å². The van der Waals surface area contributed by atoms with Gasteiger partial charge in [0.15, 0.2) is 0 Å². The summed E-state index contributed by atoms with van der Waals surface area (Å²) in [5.41, 5.74) is 2.35. The van der Waals surface area contributed by atoms with Crippen molar-refractivity contribution in [1.82, 2.24) is 15.1 Å². The molecule has 0 saturated carbocycles. The van der Waals surface area contributed by atoms with Crippen molar-refractivity contribution in [3.63, 3.8) is 0 Å². The first kappa shape index (κ1) is 23.0. The molecule has 1 aromatic heterocycles. The Balaban J connectivity index is 1.43. The fraction of sp³-hybridized carbons (Fsp3) is 0.615. The first-order chi connectivity index (χ1) is 15.4. The lowest BCUT2D eigenvalue weighted by atomic mass is 9.69. The largest absolute Gasteiger partial charge is 0.497 e. The molecule has 32 heavy (non-hydrogen) atoms. The molecule has 2 aromatic rings. The number of rotatable bonds is 7. The van der Waals surface area contributed by atoms with Gasteiger partial charge in [-0.1, -0.05) is 25.5 Å². The third kappa shape index (κ3) is 5.41. The minimum Gasteiger partial charge on any atom is -0.497 e. The highest BCUT2D eigenvalue weighted by molar-refractivity contribution is 5.53. The van der Waals surface area contributed by atoms with Crippen molar-refractivity contribution in [3.05, 3.63) is 41.8 Å². The Hall–Kier alpha value is -2.18. The van der Waals surface area contributed by atoms with Crippen LogP contribution in [0.3, 0.4) is 0 Å². The molecule has 0 amide bonds. The molecule has 2 heterocycles. The second-order valence-electron chi connectivity index (χ2n) is 9.88. The first-order valence-corrected chi connectivity index (χ1v) is 12.0. The summed E-state index contributed by atoms with van der Waals surface area (Å²) in [6, 6.07) is 7.70. The molecular formula is C26H37N3O3. The summed E-state index contributed by atoms with van der Waals surface area (Å²) in [6.07, 6.45) is 6.14. The van der Waals surface area contributed by atoms with Crippen LogP contribution in [0.1, 0.15) is 45.9 Å². The van der Waals surface area contributed by atoms with E-state index >= 15 is 0 Å². The molecule has 6 nitrogen and oxygen atoms in total. The van der Waals surface area contributed by atoms with Gasteiger partial charge in [-0.25, -0.2) is 0 Å². The Morgan fingerprint density at radius 3 is 2.53 bits per heavy atom. The number of aliphatic hydroxyl groups excluding tert-OH is 1. The van der Waals surface area contributed by atoms with E-state index in [-0.39, 0.29) is 6.10 Å². The highest BCUT2D eigenvalue weighted by atomic mass is 16.5. The maximum Gasteiger partial charge on any atom is 0.247 e. The van der Waals surface area contributed by atoms with Gasteiger partial charge in [0, 0.05) is 31.6 Å². The van der Waals surface area contributed by atoms with E-state index in [0.29, 0.717) is 35.5 Å². The summed E-state index contributed by atoms with van der Waals surface area (Å²) >= 11 is 0. The highest BCUT2D eigenvalue weighted by Gasteiger charge is 2.34. The normalized spacial score (nSPS) is 25.2. The van der Waals surface area contributed by atoms with Gasteiger partial charge in [-0.15, -0.1) is 10.2 Å². The maximum absolute atomic E-state index is 9.82. The zero-order valence-corrected chi connectivity index (χ0v) is 19.8. The summed E-state index contributed by atoms with van der Waals surface area (Å²) in [4.78, 5) is 2.54. The zero-order chi connectivity index (χ0) is 22.7. The molecule has 3 atom stereocenters. The van der Waals surface area contributed by atoms with Crippen LogP contribution in [0.5, 0.6) is 5.75 Å². The number of piperidine rings is 1. The standard InChI is InChI=1S/C26H37N3O3/c1-17(2)24-14-20(18(3)13-21(24)16-29-11-9-22(30)10-12-29)15-25-27-28-26(32-25)19-5-7-23(31-4)8-6-19/h5-8,13,17,20-22,24,30H,9-12,14-16H2,1-4H3. The third-order valence-corrected chi connectivity index (χ3v) is 7.33. The fourth-order valence-corrected chi connectivity index (χ4v) is 5.28. The number of hydrogen-bond acceptors (Lipinski definition) is 6. The van der Waals surface area contributed by atoms with Gasteiger partial charge in [0.1, 0.15) is 5.75 Å². The molecule has 1 aliphatic heterocycles. The number of methoxy groups -OCH3 is 1. The summed E-state index contributed by atoms with van der Waals surface area (Å²) in [7, 11) is 1.66. The average Bonchev–Trinajstić information content (AvgIpc) is 3.25. The SMILES string of the molecule is COc1ccc(-c2nnc(CC3CC(C(C)C)C(CN4CCC(O)CC4)C=C3C)o2)cc1. The van der Waals surface area contributed by atoms with Gasteiger partial charge in [-0.2, -0.15) is 0 Å². The van der Waals surface area contributed by atoms with E-state index in [4.69, 9.17) is 9.15 Å². The van der Waals surface area contributed by atoms with Crippen molar-refractivity contribution in [2.24, 2.45) is 23.7 Å². The second-order valence-corrected chi connectivity index (χ2v) is 9.88. The number of ether oxygens (including phenoxy) is 1. The van der Waals surface area contributed by atoms with Crippen molar-refractivity contribution in [2.75, 3.05) is 26.7 Å². The van der Waals surface area contributed by atoms with Gasteiger partial charge in [0.2, 0.25) is 11.8 Å². The summed E-state index contributed by atoms with van der Waals surface area (Å²) < 4.78 is 11.3. The number of nitrogens with zero attached hydrogens (tertiary/aromatic N) is 3. The van der Waals surface area contributed by atoms with Crippen LogP contribution in [0.2, 0.25) is 0 Å². The van der Waals surface area contributed by atoms with Gasteiger partial charge in [-0.05, 0) is 74.1 Å². The molecule has 3 unspecified atom stereocenters. The van der Waals surface area contributed by atoms with Crippen molar-refractivity contribution >= 4 is 0 Å². The molecule has 1 N–H and O–H groups in total. The Bertz CT molecular complexity index is 897. The molecule has 174 valence electrons. The van der Waals surface area contributed by atoms with Gasteiger partial charge >= 0.3 is 0 Å². The topological polar surface area (TPSA) is 71.6 Å². The van der Waals surface area contributed by atoms with Crippen molar-refractivity contribution < 1.29 is 14.3 Å². The van der Waals surface area contributed by atoms with Crippen molar-refractivity contribution in [2.45, 2.75) is 52.6 Å². The predicted molar refractivity (Wildman–Crippen MR) is 125 cm³/mol. The minimum absolute atomic E-state index is 0.114. The summed E-state index contributed by atoms with van der Waals surface area (Å²) in [5.74, 6) is 4.35. The number of aromatic nitrogens is 2. The zero-order valence-electron chi connectivity index (χ0n) is 19.8. The van der Waals surface area contributed by atoms with Crippen LogP contribution >= 0.6 is 0 Å². The molecule has 0 bridgehead atoms. The summed E-state index contributed by atoms with van der Waals surface area (Å²) in [6.45, 7) is 10.1. The smallest absolute Gasteiger partial charge is 0.247 e. The molecule has 1 fully saturated rings. The van der Waals surface area contributed by atoms with Crippen LogP contribution in [0.15, 0.2) is 40.3 Å². The van der Waals surface area contributed by atoms with E-state index in [2.05, 4.69) is 41.9 Å². The molecule has 1 saturated heterocycles. The van der Waals surface area contributed by atoms with Crippen LogP contribution < -0.4 is 4.74 Å². The van der Waals surface area contributed by atoms with Crippen molar-refractivity contribution in [3.8, 4) is 17.2 Å². The van der Waals surface area contributed by atoms with E-state index in [0.717, 1.165) is 56.6 Å². The van der Waals surface area contributed by atoms with Crippen LogP contribution in [0, 0.1) is 23.7 Å². The number of allylic oxidation sites excluding steroid dienone is 1. The maximum atomic E-state index is 9.82. The lowest BCUT2D eigenvalue weighted by molar-refractivity contribution is 0.0670. The van der Waals surface area contributed by atoms with Gasteiger partial charge in [0.25, 0.3) is 0 Å². The first-order valence-electron chi connectivity index (χ1n) is 12.0. The lowest BCUT2D eigenvalue weighted by Crippen LogP contribution is -2.42.